The lowest BCUT2D eigenvalue weighted by molar-refractivity contribution is -0.125. The Labute approximate surface area is 174 Å². The Morgan fingerprint density at radius 1 is 1.17 bits per heavy atom. The summed E-state index contributed by atoms with van der Waals surface area (Å²) in [5.41, 5.74) is 2.11. The standard InChI is InChI=1S/C22H35N3O4/c1-7-10-23-22(27)25-11-9-15-12-18(28-5)19(29-6)13-16(15)20(25)17(8-2)24-21(26)14(3)4/h12-14,17,20H,7-11H2,1-6H3,(H,23,27)(H,24,26)/t17-,20-/m1/s1. The highest BCUT2D eigenvalue weighted by Crippen LogP contribution is 2.40. The normalized spacial score (nSPS) is 16.8. The van der Waals surface area contributed by atoms with Crippen LogP contribution in [0.4, 0.5) is 4.79 Å². The molecule has 2 atom stereocenters. The molecular formula is C22H35N3O4. The lowest BCUT2D eigenvalue weighted by Gasteiger charge is -2.42. The van der Waals surface area contributed by atoms with Crippen LogP contribution in [-0.4, -0.2) is 50.2 Å². The maximum absolute atomic E-state index is 12.9. The Kier molecular flexibility index (Phi) is 8.17. The first-order chi connectivity index (χ1) is 13.9. The average Bonchev–Trinajstić information content (AvgIpc) is 2.73. The molecule has 0 unspecified atom stereocenters. The van der Waals surface area contributed by atoms with E-state index in [1.807, 2.05) is 44.7 Å². The maximum atomic E-state index is 12.9. The molecule has 3 amide bonds. The van der Waals surface area contributed by atoms with E-state index in [4.69, 9.17) is 9.47 Å². The molecule has 0 bridgehead atoms. The van der Waals surface area contributed by atoms with Gasteiger partial charge >= 0.3 is 6.03 Å². The monoisotopic (exact) mass is 405 g/mol. The second-order valence-corrected chi connectivity index (χ2v) is 7.70. The summed E-state index contributed by atoms with van der Waals surface area (Å²) < 4.78 is 11.0. The number of ether oxygens (including phenoxy) is 2. The molecule has 7 nitrogen and oxygen atoms in total. The number of nitrogens with zero attached hydrogens (tertiary/aromatic N) is 1. The van der Waals surface area contributed by atoms with E-state index in [0.29, 0.717) is 31.0 Å². The SMILES string of the molecule is CCCNC(=O)N1CCc2cc(OC)c(OC)cc2[C@@H]1[C@@H](CC)NC(=O)C(C)C. The predicted octanol–water partition coefficient (Wildman–Crippen LogP) is 3.27. The van der Waals surface area contributed by atoms with Gasteiger partial charge in [0.25, 0.3) is 0 Å². The number of amides is 3. The minimum absolute atomic E-state index is 0.0154. The Morgan fingerprint density at radius 3 is 2.38 bits per heavy atom. The van der Waals surface area contributed by atoms with Gasteiger partial charge in [-0.3, -0.25) is 4.79 Å². The number of urea groups is 1. The number of methoxy groups -OCH3 is 2. The summed E-state index contributed by atoms with van der Waals surface area (Å²) in [7, 11) is 3.22. The molecule has 0 saturated carbocycles. The summed E-state index contributed by atoms with van der Waals surface area (Å²) in [4.78, 5) is 27.3. The molecule has 1 aromatic rings. The molecule has 0 fully saturated rings. The van der Waals surface area contributed by atoms with Gasteiger partial charge in [0.1, 0.15) is 0 Å². The van der Waals surface area contributed by atoms with Crippen LogP contribution in [-0.2, 0) is 11.2 Å². The van der Waals surface area contributed by atoms with Gasteiger partial charge in [-0.15, -0.1) is 0 Å². The topological polar surface area (TPSA) is 79.9 Å². The molecule has 0 aliphatic carbocycles. The van der Waals surface area contributed by atoms with Crippen LogP contribution in [0.5, 0.6) is 11.5 Å². The van der Waals surface area contributed by atoms with E-state index in [0.717, 1.165) is 24.0 Å². The molecule has 0 saturated heterocycles. The van der Waals surface area contributed by atoms with Crippen molar-refractivity contribution in [2.75, 3.05) is 27.3 Å². The van der Waals surface area contributed by atoms with Crippen molar-refractivity contribution < 1.29 is 19.1 Å². The Bertz CT molecular complexity index is 720. The maximum Gasteiger partial charge on any atom is 0.317 e. The van der Waals surface area contributed by atoms with Crippen molar-refractivity contribution in [1.29, 1.82) is 0 Å². The van der Waals surface area contributed by atoms with Crippen LogP contribution >= 0.6 is 0 Å². The summed E-state index contributed by atoms with van der Waals surface area (Å²) >= 11 is 0. The summed E-state index contributed by atoms with van der Waals surface area (Å²) in [6.07, 6.45) is 2.29. The highest BCUT2D eigenvalue weighted by Gasteiger charge is 2.37. The molecule has 7 heteroatoms. The number of hydrogen-bond donors (Lipinski definition) is 2. The fourth-order valence-corrected chi connectivity index (χ4v) is 3.73. The van der Waals surface area contributed by atoms with Gasteiger partial charge in [-0.25, -0.2) is 4.79 Å². The molecule has 0 radical (unpaired) electrons. The predicted molar refractivity (Wildman–Crippen MR) is 113 cm³/mol. The van der Waals surface area contributed by atoms with Gasteiger partial charge in [-0.1, -0.05) is 27.7 Å². The van der Waals surface area contributed by atoms with Crippen molar-refractivity contribution in [2.45, 2.75) is 59.0 Å². The fraction of sp³-hybridized carbons (Fsp3) is 0.636. The zero-order valence-electron chi connectivity index (χ0n) is 18.5. The van der Waals surface area contributed by atoms with Crippen molar-refractivity contribution in [3.05, 3.63) is 23.3 Å². The summed E-state index contributed by atoms with van der Waals surface area (Å²) in [5.74, 6) is 1.16. The lowest BCUT2D eigenvalue weighted by atomic mass is 9.86. The van der Waals surface area contributed by atoms with Crippen LogP contribution in [0.2, 0.25) is 0 Å². The highest BCUT2D eigenvalue weighted by molar-refractivity contribution is 5.79. The van der Waals surface area contributed by atoms with Crippen LogP contribution in [0, 0.1) is 5.92 Å². The van der Waals surface area contributed by atoms with Gasteiger partial charge in [-0.05, 0) is 42.5 Å². The van der Waals surface area contributed by atoms with Gasteiger partial charge < -0.3 is 25.0 Å². The Hall–Kier alpha value is -2.44. The van der Waals surface area contributed by atoms with Gasteiger partial charge in [-0.2, -0.15) is 0 Å². The van der Waals surface area contributed by atoms with Crippen molar-refractivity contribution >= 4 is 11.9 Å². The van der Waals surface area contributed by atoms with E-state index in [1.165, 1.54) is 0 Å². The quantitative estimate of drug-likeness (QED) is 0.696. The second kappa shape index (κ2) is 10.4. The van der Waals surface area contributed by atoms with Crippen molar-refractivity contribution in [1.82, 2.24) is 15.5 Å². The molecule has 0 spiro atoms. The molecule has 1 aliphatic heterocycles. The summed E-state index contributed by atoms with van der Waals surface area (Å²) in [6.45, 7) is 9.00. The molecule has 2 rings (SSSR count). The minimum Gasteiger partial charge on any atom is -0.493 e. The Morgan fingerprint density at radius 2 is 1.83 bits per heavy atom. The van der Waals surface area contributed by atoms with Gasteiger partial charge in [0.2, 0.25) is 5.91 Å². The van der Waals surface area contributed by atoms with Crippen LogP contribution in [0.3, 0.4) is 0 Å². The van der Waals surface area contributed by atoms with Gasteiger partial charge in [0.05, 0.1) is 26.3 Å². The molecule has 162 valence electrons. The van der Waals surface area contributed by atoms with E-state index in [1.54, 1.807) is 14.2 Å². The number of fused-ring (bicyclic) bond motifs is 1. The number of rotatable bonds is 8. The third kappa shape index (κ3) is 5.14. The Balaban J connectivity index is 2.50. The molecule has 1 heterocycles. The average molecular weight is 406 g/mol. The third-order valence-corrected chi connectivity index (χ3v) is 5.38. The third-order valence-electron chi connectivity index (χ3n) is 5.38. The summed E-state index contributed by atoms with van der Waals surface area (Å²) in [5, 5.41) is 6.14. The molecule has 29 heavy (non-hydrogen) atoms. The van der Waals surface area contributed by atoms with E-state index >= 15 is 0 Å². The van der Waals surface area contributed by atoms with Gasteiger partial charge in [0.15, 0.2) is 11.5 Å². The highest BCUT2D eigenvalue weighted by atomic mass is 16.5. The van der Waals surface area contributed by atoms with Crippen LogP contribution in [0.1, 0.15) is 57.7 Å². The molecular weight excluding hydrogens is 370 g/mol. The van der Waals surface area contributed by atoms with E-state index in [2.05, 4.69) is 10.6 Å². The summed E-state index contributed by atoms with van der Waals surface area (Å²) in [6, 6.07) is 3.36. The lowest BCUT2D eigenvalue weighted by Crippen LogP contribution is -2.53. The van der Waals surface area contributed by atoms with Crippen molar-refractivity contribution in [3.63, 3.8) is 0 Å². The van der Waals surface area contributed by atoms with Crippen molar-refractivity contribution in [3.8, 4) is 11.5 Å². The van der Waals surface area contributed by atoms with Crippen molar-refractivity contribution in [2.24, 2.45) is 5.92 Å². The van der Waals surface area contributed by atoms with Gasteiger partial charge in [0, 0.05) is 19.0 Å². The number of carbonyl (C=O) groups is 2. The number of hydrogen-bond acceptors (Lipinski definition) is 4. The fourth-order valence-electron chi connectivity index (χ4n) is 3.73. The number of carbonyl (C=O) groups excluding carboxylic acids is 2. The van der Waals surface area contributed by atoms with E-state index in [-0.39, 0.29) is 29.9 Å². The number of benzene rings is 1. The molecule has 1 aromatic carbocycles. The zero-order valence-corrected chi connectivity index (χ0v) is 18.5. The van der Waals surface area contributed by atoms with E-state index < -0.39 is 0 Å². The van der Waals surface area contributed by atoms with Crippen LogP contribution in [0.25, 0.3) is 0 Å². The van der Waals surface area contributed by atoms with Crippen LogP contribution in [0.15, 0.2) is 12.1 Å². The molecule has 2 N–H and O–H groups in total. The number of nitrogens with one attached hydrogen (secondary N) is 2. The minimum atomic E-state index is -0.275. The first kappa shape index (κ1) is 22.8. The smallest absolute Gasteiger partial charge is 0.317 e. The molecule has 0 aromatic heterocycles. The zero-order chi connectivity index (χ0) is 21.6. The first-order valence-corrected chi connectivity index (χ1v) is 10.5. The van der Waals surface area contributed by atoms with Crippen LogP contribution < -0.4 is 20.1 Å². The first-order valence-electron chi connectivity index (χ1n) is 10.5. The second-order valence-electron chi connectivity index (χ2n) is 7.70. The molecule has 1 aliphatic rings. The van der Waals surface area contributed by atoms with E-state index in [9.17, 15) is 9.59 Å². The largest absolute Gasteiger partial charge is 0.493 e.